The minimum atomic E-state index is 0.0588. The van der Waals surface area contributed by atoms with Gasteiger partial charge in [0.25, 0.3) is 0 Å². The van der Waals surface area contributed by atoms with Gasteiger partial charge in [-0.2, -0.15) is 0 Å². The monoisotopic (exact) mass is 247 g/mol. The summed E-state index contributed by atoms with van der Waals surface area (Å²) in [5, 5.41) is 0. The van der Waals surface area contributed by atoms with Gasteiger partial charge in [-0.25, -0.2) is 0 Å². The topological polar surface area (TPSA) is 46.6 Å². The Morgan fingerprint density at radius 1 is 1.39 bits per heavy atom. The van der Waals surface area contributed by atoms with E-state index < -0.39 is 0 Å². The van der Waals surface area contributed by atoms with E-state index in [4.69, 9.17) is 4.74 Å². The number of hydrogen-bond acceptors (Lipinski definition) is 3. The second-order valence-electron chi connectivity index (χ2n) is 4.42. The fourth-order valence-electron chi connectivity index (χ4n) is 2.05. The van der Waals surface area contributed by atoms with Crippen molar-refractivity contribution in [2.24, 2.45) is 0 Å². The molecular formula is C14H17NO3. The molecule has 1 aliphatic heterocycles. The fourth-order valence-corrected chi connectivity index (χ4v) is 2.05. The number of amides is 1. The molecule has 4 heteroatoms. The molecule has 0 fully saturated rings. The van der Waals surface area contributed by atoms with E-state index in [1.54, 1.807) is 11.8 Å². The van der Waals surface area contributed by atoms with E-state index in [-0.39, 0.29) is 11.7 Å². The summed E-state index contributed by atoms with van der Waals surface area (Å²) in [6.07, 6.45) is 1.58. The number of rotatable bonds is 4. The summed E-state index contributed by atoms with van der Waals surface area (Å²) in [7, 11) is 0. The lowest BCUT2D eigenvalue weighted by Gasteiger charge is -2.21. The van der Waals surface area contributed by atoms with E-state index in [0.717, 1.165) is 11.4 Å². The molecule has 1 aromatic carbocycles. The number of carbonyl (C=O) groups is 2. The number of hydrogen-bond donors (Lipinski definition) is 0. The van der Waals surface area contributed by atoms with Crippen LogP contribution >= 0.6 is 0 Å². The van der Waals surface area contributed by atoms with Crippen molar-refractivity contribution in [2.75, 3.05) is 18.1 Å². The van der Waals surface area contributed by atoms with E-state index in [0.29, 0.717) is 32.4 Å². The summed E-state index contributed by atoms with van der Waals surface area (Å²) >= 11 is 0. The molecule has 1 aromatic rings. The van der Waals surface area contributed by atoms with Crippen LogP contribution in [0.15, 0.2) is 24.3 Å². The molecule has 0 saturated heterocycles. The summed E-state index contributed by atoms with van der Waals surface area (Å²) < 4.78 is 5.55. The van der Waals surface area contributed by atoms with Gasteiger partial charge >= 0.3 is 0 Å². The number of para-hydroxylation sites is 2. The molecule has 0 atom stereocenters. The van der Waals surface area contributed by atoms with Gasteiger partial charge in [0, 0.05) is 13.0 Å². The van der Waals surface area contributed by atoms with E-state index in [2.05, 4.69) is 0 Å². The van der Waals surface area contributed by atoms with Crippen LogP contribution in [0.2, 0.25) is 0 Å². The van der Waals surface area contributed by atoms with E-state index in [1.807, 2.05) is 24.3 Å². The van der Waals surface area contributed by atoms with Crippen LogP contribution in [0, 0.1) is 0 Å². The number of benzene rings is 1. The minimum Gasteiger partial charge on any atom is -0.491 e. The Bertz CT molecular complexity index is 456. The molecule has 0 spiro atoms. The largest absolute Gasteiger partial charge is 0.491 e. The van der Waals surface area contributed by atoms with Crippen LogP contribution in [-0.2, 0) is 9.59 Å². The summed E-state index contributed by atoms with van der Waals surface area (Å²) in [4.78, 5) is 24.7. The zero-order valence-electron chi connectivity index (χ0n) is 10.5. The fraction of sp³-hybridized carbons (Fsp3) is 0.429. The summed E-state index contributed by atoms with van der Waals surface area (Å²) in [5.74, 6) is 0.955. The van der Waals surface area contributed by atoms with E-state index in [1.165, 1.54) is 0 Å². The van der Waals surface area contributed by atoms with Crippen molar-refractivity contribution in [2.45, 2.75) is 26.2 Å². The maximum Gasteiger partial charge on any atom is 0.230 e. The van der Waals surface area contributed by atoms with Gasteiger partial charge in [0.15, 0.2) is 0 Å². The van der Waals surface area contributed by atoms with Crippen LogP contribution in [0.3, 0.4) is 0 Å². The van der Waals surface area contributed by atoms with Crippen LogP contribution in [0.5, 0.6) is 5.75 Å². The molecule has 0 bridgehead atoms. The Balaban J connectivity index is 2.15. The molecular weight excluding hydrogens is 230 g/mol. The molecule has 18 heavy (non-hydrogen) atoms. The van der Waals surface area contributed by atoms with Gasteiger partial charge in [0.2, 0.25) is 5.91 Å². The number of carbonyl (C=O) groups excluding carboxylic acids is 2. The van der Waals surface area contributed by atoms with Crippen molar-refractivity contribution in [1.29, 1.82) is 0 Å². The smallest absolute Gasteiger partial charge is 0.230 e. The first-order valence-corrected chi connectivity index (χ1v) is 6.20. The maximum atomic E-state index is 12.0. The van der Waals surface area contributed by atoms with Crippen molar-refractivity contribution in [3.63, 3.8) is 0 Å². The lowest BCUT2D eigenvalue weighted by Crippen LogP contribution is -2.31. The first-order chi connectivity index (χ1) is 8.68. The molecule has 1 amide bonds. The molecule has 0 aliphatic carbocycles. The highest BCUT2D eigenvalue weighted by atomic mass is 16.5. The number of ether oxygens (including phenoxy) is 1. The van der Waals surface area contributed by atoms with Gasteiger partial charge in [-0.1, -0.05) is 12.1 Å². The van der Waals surface area contributed by atoms with Crippen LogP contribution in [0.4, 0.5) is 5.69 Å². The average molecular weight is 247 g/mol. The van der Waals surface area contributed by atoms with Crippen molar-refractivity contribution in [3.8, 4) is 5.75 Å². The van der Waals surface area contributed by atoms with Crippen LogP contribution in [0.25, 0.3) is 0 Å². The zero-order valence-corrected chi connectivity index (χ0v) is 10.5. The van der Waals surface area contributed by atoms with Crippen molar-refractivity contribution < 1.29 is 14.3 Å². The minimum absolute atomic E-state index is 0.0588. The van der Waals surface area contributed by atoms with Gasteiger partial charge in [0.1, 0.15) is 11.5 Å². The normalized spacial score (nSPS) is 14.7. The SMILES string of the molecule is CC(=O)CCCN1C(=O)CCOc2ccccc21. The summed E-state index contributed by atoms with van der Waals surface area (Å²) in [6.45, 7) is 2.55. The summed E-state index contributed by atoms with van der Waals surface area (Å²) in [6, 6.07) is 7.53. The molecule has 0 N–H and O–H groups in total. The molecule has 1 aliphatic rings. The Morgan fingerprint density at radius 2 is 2.17 bits per heavy atom. The van der Waals surface area contributed by atoms with Gasteiger partial charge < -0.3 is 14.4 Å². The van der Waals surface area contributed by atoms with Gasteiger partial charge in [0.05, 0.1) is 18.7 Å². The van der Waals surface area contributed by atoms with E-state index >= 15 is 0 Å². The molecule has 0 saturated carbocycles. The molecule has 0 aromatic heterocycles. The molecule has 96 valence electrons. The number of Topliss-reactive ketones (excluding diaryl/α,β-unsaturated/α-hetero) is 1. The first-order valence-electron chi connectivity index (χ1n) is 6.20. The highest BCUT2D eigenvalue weighted by molar-refractivity contribution is 5.95. The number of nitrogens with zero attached hydrogens (tertiary/aromatic N) is 1. The van der Waals surface area contributed by atoms with Gasteiger partial charge in [-0.05, 0) is 25.5 Å². The standard InChI is InChI=1S/C14H17NO3/c1-11(16)5-4-9-15-12-6-2-3-7-13(12)18-10-8-14(15)17/h2-3,6-7H,4-5,8-10H2,1H3. The number of anilines is 1. The lowest BCUT2D eigenvalue weighted by molar-refractivity contribution is -0.119. The Labute approximate surface area is 107 Å². The van der Waals surface area contributed by atoms with Crippen LogP contribution < -0.4 is 9.64 Å². The second-order valence-corrected chi connectivity index (χ2v) is 4.42. The van der Waals surface area contributed by atoms with Gasteiger partial charge in [-0.15, -0.1) is 0 Å². The van der Waals surface area contributed by atoms with Crippen molar-refractivity contribution in [3.05, 3.63) is 24.3 Å². The maximum absolute atomic E-state index is 12.0. The molecule has 0 radical (unpaired) electrons. The van der Waals surface area contributed by atoms with Crippen LogP contribution in [0.1, 0.15) is 26.2 Å². The lowest BCUT2D eigenvalue weighted by atomic mass is 10.2. The summed E-state index contributed by atoms with van der Waals surface area (Å²) in [5.41, 5.74) is 0.809. The highest BCUT2D eigenvalue weighted by Gasteiger charge is 2.22. The second kappa shape index (κ2) is 5.67. The van der Waals surface area contributed by atoms with Crippen LogP contribution in [-0.4, -0.2) is 24.8 Å². The predicted octanol–water partition coefficient (Wildman–Crippen LogP) is 2.17. The number of ketones is 1. The molecule has 2 rings (SSSR count). The quantitative estimate of drug-likeness (QED) is 0.819. The third kappa shape index (κ3) is 2.88. The third-order valence-corrected chi connectivity index (χ3v) is 2.94. The van der Waals surface area contributed by atoms with E-state index in [9.17, 15) is 9.59 Å². The highest BCUT2D eigenvalue weighted by Crippen LogP contribution is 2.31. The molecule has 4 nitrogen and oxygen atoms in total. The average Bonchev–Trinajstić information content (AvgIpc) is 2.49. The van der Waals surface area contributed by atoms with Gasteiger partial charge in [-0.3, -0.25) is 4.79 Å². The predicted molar refractivity (Wildman–Crippen MR) is 68.8 cm³/mol. The Morgan fingerprint density at radius 3 is 2.94 bits per heavy atom. The zero-order chi connectivity index (χ0) is 13.0. The third-order valence-electron chi connectivity index (χ3n) is 2.94. The number of fused-ring (bicyclic) bond motifs is 1. The molecule has 1 heterocycles. The first kappa shape index (κ1) is 12.6. The molecule has 0 unspecified atom stereocenters. The van der Waals surface area contributed by atoms with Crippen molar-refractivity contribution >= 4 is 17.4 Å². The van der Waals surface area contributed by atoms with Crippen molar-refractivity contribution in [1.82, 2.24) is 0 Å². The Kier molecular flexibility index (Phi) is 3.97. The Hall–Kier alpha value is -1.84.